The lowest BCUT2D eigenvalue weighted by Gasteiger charge is -2.22. The van der Waals surface area contributed by atoms with Gasteiger partial charge in [-0.3, -0.25) is 14.4 Å². The van der Waals surface area contributed by atoms with Gasteiger partial charge in [0.25, 0.3) is 5.91 Å². The van der Waals surface area contributed by atoms with Crippen LogP contribution >= 0.6 is 0 Å². The van der Waals surface area contributed by atoms with E-state index in [2.05, 4.69) is 10.6 Å². The fraction of sp³-hybridized carbons (Fsp3) is 0.348. The van der Waals surface area contributed by atoms with Gasteiger partial charge in [0.15, 0.2) is 0 Å². The van der Waals surface area contributed by atoms with E-state index in [1.165, 1.54) is 0 Å². The molecule has 2 N–H and O–H groups in total. The first-order chi connectivity index (χ1) is 13.8. The van der Waals surface area contributed by atoms with E-state index in [0.29, 0.717) is 24.2 Å². The molecule has 1 fully saturated rings. The Kier molecular flexibility index (Phi) is 6.32. The molecule has 1 atom stereocenters. The van der Waals surface area contributed by atoms with Crippen LogP contribution in [0.3, 0.4) is 0 Å². The first kappa shape index (κ1) is 20.6. The Morgan fingerprint density at radius 3 is 2.41 bits per heavy atom. The highest BCUT2D eigenvalue weighted by atomic mass is 16.2. The Labute approximate surface area is 171 Å². The van der Waals surface area contributed by atoms with Crippen LogP contribution in [0, 0.1) is 12.8 Å². The monoisotopic (exact) mass is 393 g/mol. The average Bonchev–Trinajstić information content (AvgIpc) is 3.12. The zero-order valence-corrected chi connectivity index (χ0v) is 17.1. The van der Waals surface area contributed by atoms with Crippen molar-refractivity contribution in [3.05, 3.63) is 59.7 Å². The van der Waals surface area contributed by atoms with Gasteiger partial charge in [-0.2, -0.15) is 0 Å². The lowest BCUT2D eigenvalue weighted by Crippen LogP contribution is -2.47. The Balaban J connectivity index is 1.70. The molecule has 1 aliphatic rings. The Morgan fingerprint density at radius 1 is 1.07 bits per heavy atom. The summed E-state index contributed by atoms with van der Waals surface area (Å²) in [6.45, 7) is 6.42. The second-order valence-electron chi connectivity index (χ2n) is 7.75. The summed E-state index contributed by atoms with van der Waals surface area (Å²) in [5.41, 5.74) is 2.96. The minimum Gasteiger partial charge on any atom is -0.340 e. The first-order valence-corrected chi connectivity index (χ1v) is 9.94. The Hall–Kier alpha value is -3.15. The summed E-state index contributed by atoms with van der Waals surface area (Å²) in [4.78, 5) is 39.1. The summed E-state index contributed by atoms with van der Waals surface area (Å²) in [6.07, 6.45) is 1.40. The quantitative estimate of drug-likeness (QED) is 0.788. The molecule has 1 unspecified atom stereocenters. The summed E-state index contributed by atoms with van der Waals surface area (Å²) >= 11 is 0. The molecule has 3 amide bonds. The maximum absolute atomic E-state index is 12.9. The van der Waals surface area contributed by atoms with Crippen LogP contribution in [-0.4, -0.2) is 30.3 Å². The van der Waals surface area contributed by atoms with Crippen molar-refractivity contribution in [1.29, 1.82) is 0 Å². The molecule has 0 radical (unpaired) electrons. The van der Waals surface area contributed by atoms with E-state index in [-0.39, 0.29) is 23.6 Å². The molecule has 6 heteroatoms. The summed E-state index contributed by atoms with van der Waals surface area (Å²) in [5, 5.41) is 5.71. The number of nitrogens with zero attached hydrogens (tertiary/aromatic N) is 1. The van der Waals surface area contributed by atoms with Gasteiger partial charge in [0.2, 0.25) is 11.8 Å². The number of nitrogens with one attached hydrogen (secondary N) is 2. The van der Waals surface area contributed by atoms with Crippen molar-refractivity contribution in [3.63, 3.8) is 0 Å². The van der Waals surface area contributed by atoms with Gasteiger partial charge in [0, 0.05) is 29.9 Å². The largest absolute Gasteiger partial charge is 0.340 e. The van der Waals surface area contributed by atoms with Gasteiger partial charge in [-0.15, -0.1) is 0 Å². The molecule has 1 aliphatic heterocycles. The molecule has 152 valence electrons. The van der Waals surface area contributed by atoms with Gasteiger partial charge in [-0.1, -0.05) is 37.6 Å². The number of rotatable bonds is 6. The lowest BCUT2D eigenvalue weighted by atomic mass is 10.0. The molecule has 1 saturated heterocycles. The number of amides is 3. The molecular weight excluding hydrogens is 366 g/mol. The van der Waals surface area contributed by atoms with E-state index >= 15 is 0 Å². The highest BCUT2D eigenvalue weighted by molar-refractivity contribution is 6.02. The van der Waals surface area contributed by atoms with Crippen LogP contribution in [0.2, 0.25) is 0 Å². The van der Waals surface area contributed by atoms with Crippen LogP contribution in [-0.2, 0) is 9.59 Å². The highest BCUT2D eigenvalue weighted by Crippen LogP contribution is 2.24. The molecular formula is C23H27N3O3. The predicted octanol–water partition coefficient (Wildman–Crippen LogP) is 3.51. The molecule has 6 nitrogen and oxygen atoms in total. The van der Waals surface area contributed by atoms with E-state index < -0.39 is 6.04 Å². The van der Waals surface area contributed by atoms with Crippen molar-refractivity contribution < 1.29 is 14.4 Å². The summed E-state index contributed by atoms with van der Waals surface area (Å²) < 4.78 is 0. The van der Waals surface area contributed by atoms with Crippen LogP contribution in [0.15, 0.2) is 48.5 Å². The molecule has 0 spiro atoms. The number of carbonyl (C=O) groups excluding carboxylic acids is 3. The number of benzene rings is 2. The zero-order chi connectivity index (χ0) is 21.0. The minimum atomic E-state index is -0.680. The third kappa shape index (κ3) is 5.02. The van der Waals surface area contributed by atoms with Crippen LogP contribution < -0.4 is 15.5 Å². The zero-order valence-electron chi connectivity index (χ0n) is 17.1. The van der Waals surface area contributed by atoms with Crippen molar-refractivity contribution in [1.82, 2.24) is 5.32 Å². The van der Waals surface area contributed by atoms with E-state index in [1.807, 2.05) is 45.0 Å². The van der Waals surface area contributed by atoms with Crippen molar-refractivity contribution >= 4 is 29.1 Å². The summed E-state index contributed by atoms with van der Waals surface area (Å²) in [7, 11) is 0. The number of anilines is 2. The van der Waals surface area contributed by atoms with Gasteiger partial charge in [0.1, 0.15) is 6.04 Å². The Bertz CT molecular complexity index is 906. The lowest BCUT2D eigenvalue weighted by molar-refractivity contribution is -0.119. The highest BCUT2D eigenvalue weighted by Gasteiger charge is 2.26. The first-order valence-electron chi connectivity index (χ1n) is 9.94. The smallest absolute Gasteiger partial charge is 0.251 e. The van der Waals surface area contributed by atoms with Gasteiger partial charge in [-0.05, 0) is 49.6 Å². The van der Waals surface area contributed by atoms with E-state index in [1.54, 1.807) is 29.2 Å². The predicted molar refractivity (Wildman–Crippen MR) is 114 cm³/mol. The molecule has 0 saturated carbocycles. The third-order valence-electron chi connectivity index (χ3n) is 5.05. The van der Waals surface area contributed by atoms with Crippen LogP contribution in [0.4, 0.5) is 11.4 Å². The van der Waals surface area contributed by atoms with Gasteiger partial charge >= 0.3 is 0 Å². The molecule has 2 aromatic rings. The summed E-state index contributed by atoms with van der Waals surface area (Å²) in [5.74, 6) is -0.563. The summed E-state index contributed by atoms with van der Waals surface area (Å²) in [6, 6.07) is 13.8. The van der Waals surface area contributed by atoms with Gasteiger partial charge in [0.05, 0.1) is 0 Å². The molecule has 3 rings (SSSR count). The normalized spacial score (nSPS) is 14.8. The van der Waals surface area contributed by atoms with Gasteiger partial charge < -0.3 is 15.5 Å². The molecule has 2 aromatic carbocycles. The van der Waals surface area contributed by atoms with E-state index in [0.717, 1.165) is 17.7 Å². The van der Waals surface area contributed by atoms with Gasteiger partial charge in [-0.25, -0.2) is 0 Å². The number of hydrogen-bond donors (Lipinski definition) is 2. The van der Waals surface area contributed by atoms with Crippen LogP contribution in [0.5, 0.6) is 0 Å². The van der Waals surface area contributed by atoms with Crippen molar-refractivity contribution in [2.45, 2.75) is 39.7 Å². The number of hydrogen-bond acceptors (Lipinski definition) is 3. The molecule has 0 bridgehead atoms. The van der Waals surface area contributed by atoms with Crippen molar-refractivity contribution in [2.24, 2.45) is 5.92 Å². The standard InChI is InChI=1S/C23H27N3O3/c1-15(2)21(25-22(28)17-11-9-16(3)10-12-17)23(29)24-18-6-4-7-19(14-18)26-13-5-8-20(26)27/h4,6-7,9-12,14-15,21H,5,8,13H2,1-3H3,(H,24,29)(H,25,28). The third-order valence-corrected chi connectivity index (χ3v) is 5.05. The van der Waals surface area contributed by atoms with E-state index in [4.69, 9.17) is 0 Å². The van der Waals surface area contributed by atoms with Crippen molar-refractivity contribution in [3.8, 4) is 0 Å². The van der Waals surface area contributed by atoms with Crippen LogP contribution in [0.1, 0.15) is 42.6 Å². The maximum atomic E-state index is 12.9. The average molecular weight is 393 g/mol. The molecule has 0 aliphatic carbocycles. The minimum absolute atomic E-state index is 0.0901. The second kappa shape index (κ2) is 8.90. The Morgan fingerprint density at radius 2 is 1.79 bits per heavy atom. The SMILES string of the molecule is Cc1ccc(C(=O)NC(C(=O)Nc2cccc(N3CCCC3=O)c2)C(C)C)cc1. The molecule has 1 heterocycles. The van der Waals surface area contributed by atoms with E-state index in [9.17, 15) is 14.4 Å². The van der Waals surface area contributed by atoms with Crippen LogP contribution in [0.25, 0.3) is 0 Å². The second-order valence-corrected chi connectivity index (χ2v) is 7.75. The fourth-order valence-corrected chi connectivity index (χ4v) is 3.36. The number of carbonyl (C=O) groups is 3. The number of aryl methyl sites for hydroxylation is 1. The molecule has 29 heavy (non-hydrogen) atoms. The fourth-order valence-electron chi connectivity index (χ4n) is 3.36. The molecule has 0 aromatic heterocycles. The topological polar surface area (TPSA) is 78.5 Å². The van der Waals surface area contributed by atoms with Crippen molar-refractivity contribution in [2.75, 3.05) is 16.8 Å². The maximum Gasteiger partial charge on any atom is 0.251 e.